The molecule has 1 aromatic heterocycles. The first kappa shape index (κ1) is 37.6. The van der Waals surface area contributed by atoms with Gasteiger partial charge in [-0.1, -0.05) is 148 Å². The minimum atomic E-state index is -0.0929. The fourth-order valence-electron chi connectivity index (χ4n) is 5.81. The Bertz CT molecular complexity index is 894. The number of aryl methyl sites for hydroxylation is 1. The maximum atomic E-state index is 12.7. The van der Waals surface area contributed by atoms with Gasteiger partial charge in [0, 0.05) is 18.9 Å². The van der Waals surface area contributed by atoms with E-state index >= 15 is 0 Å². The van der Waals surface area contributed by atoms with E-state index in [1.807, 2.05) is 12.1 Å². The highest BCUT2D eigenvalue weighted by molar-refractivity contribution is 5.84. The number of esters is 1. The molecular weight excluding hydrogens is 570 g/mol. The Balaban J connectivity index is 0.00000840. The van der Waals surface area contributed by atoms with Crippen molar-refractivity contribution in [3.05, 3.63) is 36.5 Å². The quantitative estimate of drug-likeness (QED) is 0.0451. The average molecular weight is 633 g/mol. The van der Waals surface area contributed by atoms with E-state index in [0.717, 1.165) is 30.3 Å². The minimum Gasteiger partial charge on any atom is -1.00 e. The number of para-hydroxylation sites is 1. The summed E-state index contributed by atoms with van der Waals surface area (Å²) in [5.74, 6) is 0.619. The van der Waals surface area contributed by atoms with Crippen molar-refractivity contribution in [2.24, 2.45) is 0 Å². The van der Waals surface area contributed by atoms with E-state index in [-0.39, 0.29) is 23.0 Å². The number of pyridine rings is 1. The molecule has 0 atom stereocenters. The Morgan fingerprint density at radius 3 is 1.54 bits per heavy atom. The summed E-state index contributed by atoms with van der Waals surface area (Å²) in [6.07, 6.45) is 33.2. The third kappa shape index (κ3) is 18.0. The van der Waals surface area contributed by atoms with Crippen LogP contribution in [0.2, 0.25) is 0 Å². The third-order valence-corrected chi connectivity index (χ3v) is 8.32. The molecule has 0 aliphatic heterocycles. The lowest BCUT2D eigenvalue weighted by atomic mass is 10.0. The number of hydrogen-bond acceptors (Lipinski definition) is 2. The maximum Gasteiger partial charge on any atom is 0.311 e. The molecule has 0 amide bonds. The monoisotopic (exact) mass is 631 g/mol. The molecule has 0 fully saturated rings. The summed E-state index contributed by atoms with van der Waals surface area (Å²) >= 11 is 0. The number of unbranched alkanes of at least 4 members (excludes halogenated alkanes) is 21. The van der Waals surface area contributed by atoms with E-state index in [1.54, 1.807) is 0 Å². The fraction of sp³-hybridized carbons (Fsp3) is 0.730. The number of halogens is 1. The normalized spacial score (nSPS) is 11.1. The number of aromatic nitrogens is 1. The molecule has 2 aromatic rings. The van der Waals surface area contributed by atoms with E-state index in [9.17, 15) is 4.79 Å². The average Bonchev–Trinajstić information content (AvgIpc) is 2.96. The largest absolute Gasteiger partial charge is 1.00 e. The highest BCUT2D eigenvalue weighted by Gasteiger charge is 2.17. The zero-order chi connectivity index (χ0) is 28.5. The summed E-state index contributed by atoms with van der Waals surface area (Å²) in [7, 11) is 0. The van der Waals surface area contributed by atoms with E-state index in [4.69, 9.17) is 4.74 Å². The van der Waals surface area contributed by atoms with Gasteiger partial charge in [0.05, 0.1) is 5.39 Å². The lowest BCUT2D eigenvalue weighted by Crippen LogP contribution is -3.00. The van der Waals surface area contributed by atoms with Crippen molar-refractivity contribution in [2.45, 2.75) is 174 Å². The number of hydrogen-bond donors (Lipinski definition) is 0. The van der Waals surface area contributed by atoms with Crippen molar-refractivity contribution < 1.29 is 31.1 Å². The molecule has 1 heterocycles. The van der Waals surface area contributed by atoms with Crippen molar-refractivity contribution >= 4 is 16.9 Å². The Morgan fingerprint density at radius 1 is 0.585 bits per heavy atom. The van der Waals surface area contributed by atoms with Gasteiger partial charge in [-0.15, -0.1) is 0 Å². The third-order valence-electron chi connectivity index (χ3n) is 8.32. The molecule has 0 unspecified atom stereocenters. The molecule has 2 rings (SSSR count). The zero-order valence-corrected chi connectivity index (χ0v) is 28.4. The molecule has 234 valence electrons. The number of fused-ring (bicyclic) bond motifs is 1. The molecule has 0 N–H and O–H groups in total. The number of rotatable bonds is 26. The van der Waals surface area contributed by atoms with Crippen LogP contribution >= 0.6 is 0 Å². The lowest BCUT2D eigenvalue weighted by molar-refractivity contribution is -0.672. The first-order valence-corrected chi connectivity index (χ1v) is 17.4. The Morgan fingerprint density at radius 2 is 1.02 bits per heavy atom. The van der Waals surface area contributed by atoms with Gasteiger partial charge in [0.15, 0.2) is 6.20 Å². The summed E-state index contributed by atoms with van der Waals surface area (Å²) in [5, 5.41) is 1.14. The maximum absolute atomic E-state index is 12.7. The van der Waals surface area contributed by atoms with Crippen LogP contribution in [0.1, 0.15) is 168 Å². The molecule has 0 aliphatic rings. The van der Waals surface area contributed by atoms with Crippen LogP contribution in [-0.2, 0) is 11.3 Å². The predicted molar refractivity (Wildman–Crippen MR) is 172 cm³/mol. The van der Waals surface area contributed by atoms with Crippen molar-refractivity contribution in [2.75, 3.05) is 0 Å². The van der Waals surface area contributed by atoms with Crippen LogP contribution in [-0.4, -0.2) is 5.97 Å². The van der Waals surface area contributed by atoms with Crippen LogP contribution in [0.25, 0.3) is 10.9 Å². The molecule has 0 spiro atoms. The first-order chi connectivity index (χ1) is 19.8. The van der Waals surface area contributed by atoms with Gasteiger partial charge in [-0.2, -0.15) is 4.57 Å². The standard InChI is InChI=1S/C37H62NO2.BrH/c1-3-5-7-9-11-13-14-15-16-17-18-19-20-22-24-31-36(39)40-35-30-26-28-34-29-27-33-38(37(34)35)32-25-23-21-12-10-8-6-4-2;/h26-30,33H,3-25,31-32H2,1-2H3;1H/q+1;/p-1. The van der Waals surface area contributed by atoms with Gasteiger partial charge in [0.25, 0.3) is 5.52 Å². The van der Waals surface area contributed by atoms with Crippen molar-refractivity contribution in [3.63, 3.8) is 0 Å². The van der Waals surface area contributed by atoms with Gasteiger partial charge in [-0.3, -0.25) is 4.79 Å². The molecule has 4 heteroatoms. The van der Waals surface area contributed by atoms with Gasteiger partial charge >= 0.3 is 5.97 Å². The summed E-state index contributed by atoms with van der Waals surface area (Å²) in [6, 6.07) is 10.3. The SMILES string of the molecule is CCCCCCCCCCCCCCCCCC(=O)Oc1cccc2ccc[n+](CCCCCCCCCC)c12.[Br-]. The number of nitrogens with zero attached hydrogens (tertiary/aromatic N) is 1. The summed E-state index contributed by atoms with van der Waals surface area (Å²) in [5.41, 5.74) is 1.05. The second-order valence-electron chi connectivity index (χ2n) is 12.0. The summed E-state index contributed by atoms with van der Waals surface area (Å²) < 4.78 is 8.19. The highest BCUT2D eigenvalue weighted by atomic mass is 79.9. The minimum absolute atomic E-state index is 0. The first-order valence-electron chi connectivity index (χ1n) is 17.4. The van der Waals surface area contributed by atoms with Gasteiger partial charge in [-0.25, -0.2) is 0 Å². The van der Waals surface area contributed by atoms with E-state index in [1.165, 1.54) is 135 Å². The molecule has 1 aromatic carbocycles. The molecule has 0 aliphatic carbocycles. The van der Waals surface area contributed by atoms with Crippen molar-refractivity contribution in [1.29, 1.82) is 0 Å². The fourth-order valence-corrected chi connectivity index (χ4v) is 5.81. The van der Waals surface area contributed by atoms with Crippen LogP contribution < -0.4 is 26.3 Å². The molecule has 0 radical (unpaired) electrons. The second kappa shape index (κ2) is 26.2. The molecule has 3 nitrogen and oxygen atoms in total. The number of carbonyl (C=O) groups excluding carboxylic acids is 1. The van der Waals surface area contributed by atoms with Crippen LogP contribution in [0.5, 0.6) is 5.75 Å². The second-order valence-corrected chi connectivity index (χ2v) is 12.0. The van der Waals surface area contributed by atoms with E-state index in [0.29, 0.717) is 12.2 Å². The number of benzene rings is 1. The Hall–Kier alpha value is -1.42. The van der Waals surface area contributed by atoms with Crippen LogP contribution in [0.15, 0.2) is 36.5 Å². The van der Waals surface area contributed by atoms with E-state index in [2.05, 4.69) is 42.8 Å². The van der Waals surface area contributed by atoms with Gasteiger partial charge in [0.1, 0.15) is 6.54 Å². The number of ether oxygens (including phenoxy) is 1. The van der Waals surface area contributed by atoms with Crippen LogP contribution in [0.4, 0.5) is 0 Å². The molecule has 41 heavy (non-hydrogen) atoms. The van der Waals surface area contributed by atoms with Gasteiger partial charge < -0.3 is 21.7 Å². The van der Waals surface area contributed by atoms with Crippen LogP contribution in [0, 0.1) is 0 Å². The molecule has 0 saturated carbocycles. The smallest absolute Gasteiger partial charge is 0.311 e. The van der Waals surface area contributed by atoms with Crippen molar-refractivity contribution in [3.8, 4) is 5.75 Å². The number of carbonyl (C=O) groups is 1. The van der Waals surface area contributed by atoms with E-state index < -0.39 is 0 Å². The Kier molecular flexibility index (Phi) is 24.1. The molecule has 0 bridgehead atoms. The van der Waals surface area contributed by atoms with Gasteiger partial charge in [-0.05, 0) is 31.0 Å². The zero-order valence-electron chi connectivity index (χ0n) is 26.8. The topological polar surface area (TPSA) is 30.2 Å². The van der Waals surface area contributed by atoms with Crippen molar-refractivity contribution in [1.82, 2.24) is 0 Å². The lowest BCUT2D eigenvalue weighted by Gasteiger charge is -2.08. The molecule has 0 saturated heterocycles. The Labute approximate surface area is 264 Å². The predicted octanol–water partition coefficient (Wildman–Crippen LogP) is 8.44. The summed E-state index contributed by atoms with van der Waals surface area (Å²) in [6.45, 7) is 5.53. The van der Waals surface area contributed by atoms with Gasteiger partial charge in [0.2, 0.25) is 5.75 Å². The summed E-state index contributed by atoms with van der Waals surface area (Å²) in [4.78, 5) is 12.7. The molecular formula is C37H62BrNO2. The highest BCUT2D eigenvalue weighted by Crippen LogP contribution is 2.23. The van der Waals surface area contributed by atoms with Crippen LogP contribution in [0.3, 0.4) is 0 Å².